The molecule has 0 fully saturated rings. The molecule has 0 aliphatic rings. The van der Waals surface area contributed by atoms with Crippen LogP contribution in [0.3, 0.4) is 0 Å². The second-order valence-electron chi connectivity index (χ2n) is 6.42. The van der Waals surface area contributed by atoms with E-state index in [9.17, 15) is 18.0 Å². The fourth-order valence-corrected chi connectivity index (χ4v) is 2.88. The normalized spacial score (nSPS) is 11.1. The van der Waals surface area contributed by atoms with Crippen molar-refractivity contribution in [1.82, 2.24) is 19.6 Å². The minimum atomic E-state index is -4.41. The molecule has 1 aromatic carbocycles. The molecule has 9 heteroatoms. The third kappa shape index (κ3) is 4.29. The maximum absolute atomic E-state index is 13.2. The van der Waals surface area contributed by atoms with Gasteiger partial charge in [-0.25, -0.2) is 9.50 Å². The molecule has 0 bridgehead atoms. The number of nitrogens with zero attached hydrogens (tertiary/aromatic N) is 4. The zero-order valence-corrected chi connectivity index (χ0v) is 16.2. The molecule has 4 rings (SSSR count). The summed E-state index contributed by atoms with van der Waals surface area (Å²) in [4.78, 5) is 18.2. The molecule has 0 aliphatic heterocycles. The number of aryl methyl sites for hydroxylation is 1. The van der Waals surface area contributed by atoms with E-state index >= 15 is 0 Å². The number of nitrogens with two attached hydrogens (primary N) is 1. The maximum Gasteiger partial charge on any atom is 0.417 e. The molecule has 0 unspecified atom stereocenters. The van der Waals surface area contributed by atoms with Crippen molar-refractivity contribution in [2.24, 2.45) is 5.73 Å². The zero-order chi connectivity index (χ0) is 21.9. The quantitative estimate of drug-likeness (QED) is 0.533. The lowest BCUT2D eigenvalue weighted by molar-refractivity contribution is -0.137. The minimum absolute atomic E-state index is 0.0844. The average Bonchev–Trinajstić information content (AvgIpc) is 3.20. The average molecular weight is 413 g/mol. The predicted molar refractivity (Wildman–Crippen MR) is 106 cm³/mol. The number of carbonyl (C=O) groups excluding carboxylic acids is 1. The fourth-order valence-electron chi connectivity index (χ4n) is 2.88. The summed E-state index contributed by atoms with van der Waals surface area (Å²) in [6.45, 7) is 3.60. The molecule has 2 N–H and O–H groups in total. The van der Waals surface area contributed by atoms with Crippen molar-refractivity contribution in [3.63, 3.8) is 0 Å². The summed E-state index contributed by atoms with van der Waals surface area (Å²) in [6.07, 6.45) is 0.318. The smallest absolute Gasteiger partial charge is 0.364 e. The lowest BCUT2D eigenvalue weighted by Crippen LogP contribution is -2.12. The second-order valence-corrected chi connectivity index (χ2v) is 6.42. The van der Waals surface area contributed by atoms with E-state index in [4.69, 9.17) is 5.73 Å². The molecule has 3 aromatic heterocycles. The molecule has 30 heavy (non-hydrogen) atoms. The fraction of sp³-hybridized carbons (Fsp3) is 0.143. The van der Waals surface area contributed by atoms with Crippen LogP contribution in [0.5, 0.6) is 0 Å². The number of pyridine rings is 1. The number of fused-ring (bicyclic) bond motifs is 1. The van der Waals surface area contributed by atoms with Gasteiger partial charge < -0.3 is 5.73 Å². The number of hydrogen-bond donors (Lipinski definition) is 1. The van der Waals surface area contributed by atoms with Crippen LogP contribution >= 0.6 is 0 Å². The Bertz CT molecular complexity index is 1190. The van der Waals surface area contributed by atoms with Gasteiger partial charge in [0.1, 0.15) is 5.69 Å². The molecule has 4 aromatic rings. The van der Waals surface area contributed by atoms with Gasteiger partial charge in [0.05, 0.1) is 11.3 Å². The van der Waals surface area contributed by atoms with Crippen LogP contribution < -0.4 is 5.73 Å². The number of hydrogen-bond acceptors (Lipinski definition) is 4. The highest BCUT2D eigenvalue weighted by molar-refractivity contribution is 5.90. The highest BCUT2D eigenvalue weighted by Crippen LogP contribution is 2.37. The molecule has 6 nitrogen and oxygen atoms in total. The number of imidazole rings is 1. The Morgan fingerprint density at radius 2 is 1.67 bits per heavy atom. The van der Waals surface area contributed by atoms with Crippen LogP contribution in [0, 0.1) is 13.8 Å². The number of alkyl halides is 3. The number of benzene rings is 1. The molecule has 154 valence electrons. The number of halogens is 3. The Morgan fingerprint density at radius 1 is 0.967 bits per heavy atom. The van der Waals surface area contributed by atoms with Gasteiger partial charge in [-0.05, 0) is 43.2 Å². The number of rotatable bonds is 2. The summed E-state index contributed by atoms with van der Waals surface area (Å²) in [7, 11) is 0. The summed E-state index contributed by atoms with van der Waals surface area (Å²) in [5.41, 5.74) is 7.12. The Hall–Kier alpha value is -3.75. The highest BCUT2D eigenvalue weighted by Gasteiger charge is 2.34. The van der Waals surface area contributed by atoms with Gasteiger partial charge in [0.15, 0.2) is 5.65 Å². The Balaban J connectivity index is 0.000000239. The molecule has 0 atom stereocenters. The molecule has 0 aliphatic carbocycles. The van der Waals surface area contributed by atoms with Crippen LogP contribution in [0.15, 0.2) is 61.1 Å². The number of aromatic nitrogens is 4. The largest absolute Gasteiger partial charge is 0.417 e. The van der Waals surface area contributed by atoms with Gasteiger partial charge in [-0.15, -0.1) is 0 Å². The third-order valence-corrected chi connectivity index (χ3v) is 4.49. The number of carbonyl (C=O) groups is 1. The first-order valence-corrected chi connectivity index (χ1v) is 8.88. The summed E-state index contributed by atoms with van der Waals surface area (Å²) >= 11 is 0. The first-order chi connectivity index (χ1) is 14.2. The van der Waals surface area contributed by atoms with Gasteiger partial charge in [-0.2, -0.15) is 18.3 Å². The Labute approximate surface area is 170 Å². The summed E-state index contributed by atoms with van der Waals surface area (Å²) in [5.74, 6) is -0.490. The van der Waals surface area contributed by atoms with E-state index in [1.54, 1.807) is 43.6 Å². The van der Waals surface area contributed by atoms with Gasteiger partial charge in [0.2, 0.25) is 0 Å². The summed E-state index contributed by atoms with van der Waals surface area (Å²) < 4.78 is 41.0. The molecule has 1 amide bonds. The van der Waals surface area contributed by atoms with Gasteiger partial charge >= 0.3 is 6.18 Å². The second kappa shape index (κ2) is 8.32. The monoisotopic (exact) mass is 413 g/mol. The lowest BCUT2D eigenvalue weighted by Gasteiger charge is -2.15. The van der Waals surface area contributed by atoms with Crippen molar-refractivity contribution >= 4 is 11.6 Å². The van der Waals surface area contributed by atoms with E-state index < -0.39 is 17.6 Å². The third-order valence-electron chi connectivity index (χ3n) is 4.49. The molecule has 0 saturated heterocycles. The maximum atomic E-state index is 13.2. The minimum Gasteiger partial charge on any atom is -0.364 e. The van der Waals surface area contributed by atoms with Gasteiger partial charge in [0, 0.05) is 24.2 Å². The lowest BCUT2D eigenvalue weighted by atomic mass is 9.99. The molecule has 0 radical (unpaired) electrons. The molecule has 0 spiro atoms. The van der Waals surface area contributed by atoms with Crippen LogP contribution in [-0.4, -0.2) is 25.5 Å². The molecular weight excluding hydrogens is 395 g/mol. The van der Waals surface area contributed by atoms with Crippen molar-refractivity contribution < 1.29 is 18.0 Å². The van der Waals surface area contributed by atoms with E-state index in [1.807, 2.05) is 6.92 Å². The van der Waals surface area contributed by atoms with E-state index in [-0.39, 0.29) is 5.56 Å². The standard InChI is InChI=1S/C15H12F3N3.C6H6N2O/c1-9-10(2)14-19-7-8-21(14)20-13(9)11-5-3-4-6-12(11)15(16,17)18;7-6(9)5-3-1-2-4-8-5/h3-8H,1-2H3;1-4H,(H2,7,9). The molecular formula is C21H18F3N5O. The topological polar surface area (TPSA) is 86.2 Å². The van der Waals surface area contributed by atoms with Gasteiger partial charge in [-0.3, -0.25) is 9.78 Å². The van der Waals surface area contributed by atoms with Crippen molar-refractivity contribution in [1.29, 1.82) is 0 Å². The summed E-state index contributed by atoms with van der Waals surface area (Å²) in [5, 5.41) is 4.29. The highest BCUT2D eigenvalue weighted by atomic mass is 19.4. The number of primary amides is 1. The molecule has 3 heterocycles. The summed E-state index contributed by atoms with van der Waals surface area (Å²) in [6, 6.07) is 10.5. The van der Waals surface area contributed by atoms with Gasteiger partial charge in [-0.1, -0.05) is 24.3 Å². The van der Waals surface area contributed by atoms with Crippen molar-refractivity contribution in [3.8, 4) is 11.3 Å². The van der Waals surface area contributed by atoms with Crippen LogP contribution in [-0.2, 0) is 6.18 Å². The Morgan fingerprint density at radius 3 is 2.27 bits per heavy atom. The van der Waals surface area contributed by atoms with E-state index in [0.29, 0.717) is 22.6 Å². The van der Waals surface area contributed by atoms with Crippen molar-refractivity contribution in [2.45, 2.75) is 20.0 Å². The first kappa shape index (κ1) is 21.0. The van der Waals surface area contributed by atoms with Crippen LogP contribution in [0.2, 0.25) is 0 Å². The Kier molecular flexibility index (Phi) is 5.81. The molecule has 0 saturated carbocycles. The van der Waals surface area contributed by atoms with Crippen LogP contribution in [0.25, 0.3) is 16.9 Å². The van der Waals surface area contributed by atoms with Crippen molar-refractivity contribution in [3.05, 3.63) is 83.4 Å². The van der Waals surface area contributed by atoms with Crippen LogP contribution in [0.4, 0.5) is 13.2 Å². The van der Waals surface area contributed by atoms with E-state index in [0.717, 1.165) is 11.6 Å². The van der Waals surface area contributed by atoms with Crippen LogP contribution in [0.1, 0.15) is 27.2 Å². The zero-order valence-electron chi connectivity index (χ0n) is 16.2. The van der Waals surface area contributed by atoms with Gasteiger partial charge in [0.25, 0.3) is 5.91 Å². The first-order valence-electron chi connectivity index (χ1n) is 8.88. The van der Waals surface area contributed by atoms with E-state index in [2.05, 4.69) is 15.1 Å². The predicted octanol–water partition coefficient (Wildman–Crippen LogP) is 4.21. The SMILES string of the molecule is Cc1c(-c2ccccc2C(F)(F)F)nn2ccnc2c1C.NC(=O)c1ccccn1. The van der Waals surface area contributed by atoms with Crippen molar-refractivity contribution in [2.75, 3.05) is 0 Å². The van der Waals surface area contributed by atoms with E-state index in [1.165, 1.54) is 22.8 Å². The number of amides is 1.